The molecule has 0 bridgehead atoms. The van der Waals surface area contributed by atoms with E-state index in [1.54, 1.807) is 11.8 Å². The molecule has 0 unspecified atom stereocenters. The Labute approximate surface area is 155 Å². The lowest BCUT2D eigenvalue weighted by molar-refractivity contribution is 0.0599. The molecule has 0 radical (unpaired) electrons. The number of benzene rings is 1. The molecular weight excluding hydrogens is 382 g/mol. The summed E-state index contributed by atoms with van der Waals surface area (Å²) in [6.07, 6.45) is 1.17. The van der Waals surface area contributed by atoms with Crippen LogP contribution in [0, 0.1) is 18.6 Å². The number of amides is 1. The van der Waals surface area contributed by atoms with Gasteiger partial charge in [-0.05, 0) is 24.5 Å². The Hall–Kier alpha value is -2.20. The van der Waals surface area contributed by atoms with Crippen molar-refractivity contribution in [2.75, 3.05) is 13.1 Å². The molecule has 2 aromatic heterocycles. The number of fused-ring (bicyclic) bond motifs is 1. The molecule has 0 N–H and O–H groups in total. The zero-order valence-electron chi connectivity index (χ0n) is 13.7. The highest BCUT2D eigenvalue weighted by Gasteiger charge is 2.27. The van der Waals surface area contributed by atoms with Crippen LogP contribution in [-0.2, 0) is 0 Å². The Morgan fingerprint density at radius 1 is 1.31 bits per heavy atom. The summed E-state index contributed by atoms with van der Waals surface area (Å²) in [4.78, 5) is 18.9. The van der Waals surface area contributed by atoms with Crippen molar-refractivity contribution >= 4 is 39.0 Å². The van der Waals surface area contributed by atoms with E-state index in [1.165, 1.54) is 6.07 Å². The number of hydrogen-bond donors (Lipinski definition) is 0. The number of aromatic nitrogens is 3. The first kappa shape index (κ1) is 17.2. The lowest BCUT2D eigenvalue weighted by atomic mass is 10.1. The van der Waals surface area contributed by atoms with Gasteiger partial charge in [0.25, 0.3) is 11.1 Å². The van der Waals surface area contributed by atoms with Crippen LogP contribution in [0.3, 0.4) is 0 Å². The van der Waals surface area contributed by atoms with Gasteiger partial charge in [-0.3, -0.25) is 4.79 Å². The zero-order chi connectivity index (χ0) is 18.3. The highest BCUT2D eigenvalue weighted by atomic mass is 32.1. The number of halogens is 2. The van der Waals surface area contributed by atoms with E-state index >= 15 is 0 Å². The molecule has 1 saturated heterocycles. The summed E-state index contributed by atoms with van der Waals surface area (Å²) in [6, 6.07) is 2.06. The monoisotopic (exact) mass is 396 g/mol. The second kappa shape index (κ2) is 6.84. The van der Waals surface area contributed by atoms with E-state index in [9.17, 15) is 13.6 Å². The van der Waals surface area contributed by atoms with E-state index in [1.807, 2.05) is 0 Å². The van der Waals surface area contributed by atoms with Crippen LogP contribution in [0.2, 0.25) is 0 Å². The summed E-state index contributed by atoms with van der Waals surface area (Å²) in [7, 11) is 0. The molecule has 0 atom stereocenters. The molecule has 6 nitrogen and oxygen atoms in total. The SMILES string of the molecule is Cc1nnsc1C(=O)N1CCC(Oc2nc3c(F)cc(F)cc3s2)CC1. The van der Waals surface area contributed by atoms with Gasteiger partial charge >= 0.3 is 0 Å². The number of carbonyl (C=O) groups is 1. The number of ether oxygens (including phenoxy) is 1. The van der Waals surface area contributed by atoms with Crippen LogP contribution in [0.25, 0.3) is 10.2 Å². The molecule has 136 valence electrons. The van der Waals surface area contributed by atoms with E-state index in [2.05, 4.69) is 14.6 Å². The van der Waals surface area contributed by atoms with Crippen molar-refractivity contribution in [3.63, 3.8) is 0 Å². The first-order valence-electron chi connectivity index (χ1n) is 8.01. The molecular formula is C16H14F2N4O2S2. The van der Waals surface area contributed by atoms with Crippen LogP contribution >= 0.6 is 22.9 Å². The van der Waals surface area contributed by atoms with Crippen molar-refractivity contribution in [3.8, 4) is 5.19 Å². The number of carbonyl (C=O) groups excluding carboxylic acids is 1. The van der Waals surface area contributed by atoms with E-state index < -0.39 is 11.6 Å². The van der Waals surface area contributed by atoms with E-state index in [4.69, 9.17) is 4.74 Å². The summed E-state index contributed by atoms with van der Waals surface area (Å²) < 4.78 is 37.1. The molecule has 0 saturated carbocycles. The Morgan fingerprint density at radius 3 is 2.77 bits per heavy atom. The number of hydrogen-bond acceptors (Lipinski definition) is 7. The zero-order valence-corrected chi connectivity index (χ0v) is 15.4. The maximum atomic E-state index is 13.7. The van der Waals surface area contributed by atoms with Crippen LogP contribution in [0.1, 0.15) is 28.2 Å². The van der Waals surface area contributed by atoms with Crippen LogP contribution in [0.15, 0.2) is 12.1 Å². The Balaban J connectivity index is 1.40. The van der Waals surface area contributed by atoms with Gasteiger partial charge in [0.1, 0.15) is 22.3 Å². The number of piperidine rings is 1. The van der Waals surface area contributed by atoms with Crippen molar-refractivity contribution < 1.29 is 18.3 Å². The Kier molecular flexibility index (Phi) is 4.53. The maximum Gasteiger partial charge on any atom is 0.274 e. The summed E-state index contributed by atoms with van der Waals surface area (Å²) in [6.45, 7) is 2.87. The molecule has 1 amide bonds. The fourth-order valence-corrected chi connectivity index (χ4v) is 4.42. The van der Waals surface area contributed by atoms with Crippen LogP contribution in [-0.4, -0.2) is 44.6 Å². The molecule has 0 spiro atoms. The van der Waals surface area contributed by atoms with Gasteiger partial charge in [-0.25, -0.2) is 8.78 Å². The van der Waals surface area contributed by atoms with Gasteiger partial charge in [-0.2, -0.15) is 4.98 Å². The average molecular weight is 396 g/mol. The van der Waals surface area contributed by atoms with Gasteiger partial charge < -0.3 is 9.64 Å². The smallest absolute Gasteiger partial charge is 0.274 e. The highest BCUT2D eigenvalue weighted by molar-refractivity contribution is 7.20. The lowest BCUT2D eigenvalue weighted by Crippen LogP contribution is -2.41. The number of thiazole rings is 1. The van der Waals surface area contributed by atoms with Gasteiger partial charge in [-0.1, -0.05) is 15.8 Å². The summed E-state index contributed by atoms with van der Waals surface area (Å²) in [5.41, 5.74) is 0.759. The van der Waals surface area contributed by atoms with Gasteiger partial charge in [0.05, 0.1) is 10.4 Å². The Bertz CT molecular complexity index is 966. The molecule has 4 rings (SSSR count). The van der Waals surface area contributed by atoms with E-state index in [0.717, 1.165) is 28.9 Å². The standard InChI is InChI=1S/C16H14F2N4O2S2/c1-8-14(26-21-20-8)15(23)22-4-2-10(3-5-22)24-16-19-13-11(18)6-9(17)7-12(13)25-16/h6-7,10H,2-5H2,1H3. The summed E-state index contributed by atoms with van der Waals surface area (Å²) in [5, 5.41) is 4.19. The summed E-state index contributed by atoms with van der Waals surface area (Å²) in [5.74, 6) is -1.39. The molecule has 1 aliphatic heterocycles. The number of aryl methyl sites for hydroxylation is 1. The molecule has 26 heavy (non-hydrogen) atoms. The van der Waals surface area contributed by atoms with Crippen LogP contribution < -0.4 is 4.74 Å². The number of likely N-dealkylation sites (tertiary alicyclic amines) is 1. The molecule has 1 aliphatic rings. The fourth-order valence-electron chi connectivity index (χ4n) is 2.88. The summed E-state index contributed by atoms with van der Waals surface area (Å²) >= 11 is 2.22. The highest BCUT2D eigenvalue weighted by Crippen LogP contribution is 2.32. The molecule has 10 heteroatoms. The van der Waals surface area contributed by atoms with Crippen molar-refractivity contribution in [2.45, 2.75) is 25.9 Å². The third kappa shape index (κ3) is 3.26. The van der Waals surface area contributed by atoms with Gasteiger partial charge in [-0.15, -0.1) is 5.10 Å². The predicted molar refractivity (Wildman–Crippen MR) is 93.7 cm³/mol. The first-order valence-corrected chi connectivity index (χ1v) is 9.60. The average Bonchev–Trinajstić information content (AvgIpc) is 3.21. The quantitative estimate of drug-likeness (QED) is 0.679. The molecule has 1 aromatic carbocycles. The van der Waals surface area contributed by atoms with Crippen LogP contribution in [0.4, 0.5) is 8.78 Å². The molecule has 3 aromatic rings. The van der Waals surface area contributed by atoms with Gasteiger partial charge in [0, 0.05) is 32.0 Å². The molecule has 1 fully saturated rings. The Morgan fingerprint density at radius 2 is 2.08 bits per heavy atom. The van der Waals surface area contributed by atoms with Crippen molar-refractivity contribution in [1.29, 1.82) is 0 Å². The normalized spacial score (nSPS) is 15.6. The second-order valence-corrected chi connectivity index (χ2v) is 7.76. The fraction of sp³-hybridized carbons (Fsp3) is 0.375. The minimum absolute atomic E-state index is 0.0616. The number of rotatable bonds is 3. The molecule has 0 aliphatic carbocycles. The van der Waals surface area contributed by atoms with Crippen LogP contribution in [0.5, 0.6) is 5.19 Å². The third-order valence-corrected chi connectivity index (χ3v) is 5.95. The second-order valence-electron chi connectivity index (χ2n) is 6.01. The van der Waals surface area contributed by atoms with Gasteiger partial charge in [0.2, 0.25) is 0 Å². The minimum Gasteiger partial charge on any atom is -0.467 e. The predicted octanol–water partition coefficient (Wildman–Crippen LogP) is 3.42. The lowest BCUT2D eigenvalue weighted by Gasteiger charge is -2.31. The van der Waals surface area contributed by atoms with Crippen molar-refractivity contribution in [3.05, 3.63) is 34.3 Å². The van der Waals surface area contributed by atoms with E-state index in [0.29, 0.717) is 46.4 Å². The van der Waals surface area contributed by atoms with Crippen molar-refractivity contribution in [2.24, 2.45) is 0 Å². The minimum atomic E-state index is -0.694. The topological polar surface area (TPSA) is 68.2 Å². The van der Waals surface area contributed by atoms with Gasteiger partial charge in [0.15, 0.2) is 5.82 Å². The third-order valence-electron chi connectivity index (χ3n) is 4.24. The van der Waals surface area contributed by atoms with Crippen molar-refractivity contribution in [1.82, 2.24) is 19.5 Å². The largest absolute Gasteiger partial charge is 0.467 e. The van der Waals surface area contributed by atoms with E-state index in [-0.39, 0.29) is 17.5 Å². The molecule has 3 heterocycles. The first-order chi connectivity index (χ1) is 12.5. The maximum absolute atomic E-state index is 13.7. The number of nitrogens with zero attached hydrogens (tertiary/aromatic N) is 4.